The van der Waals surface area contributed by atoms with Gasteiger partial charge >= 0.3 is 6.09 Å². The maximum absolute atomic E-state index is 11.3. The van der Waals surface area contributed by atoms with Gasteiger partial charge in [0.05, 0.1) is 12.2 Å². The Hall–Kier alpha value is -1.55. The van der Waals surface area contributed by atoms with Gasteiger partial charge in [-0.15, -0.1) is 0 Å². The van der Waals surface area contributed by atoms with E-state index in [2.05, 4.69) is 5.32 Å². The second kappa shape index (κ2) is 7.14. The van der Waals surface area contributed by atoms with Crippen molar-refractivity contribution in [1.29, 1.82) is 0 Å². The van der Waals surface area contributed by atoms with Crippen LogP contribution in [0.1, 0.15) is 44.7 Å². The highest BCUT2D eigenvalue weighted by Gasteiger charge is 2.15. The van der Waals surface area contributed by atoms with Gasteiger partial charge < -0.3 is 15.2 Å². The summed E-state index contributed by atoms with van der Waals surface area (Å²) in [5.41, 5.74) is 0.979. The average Bonchev–Trinajstić information content (AvgIpc) is 2.36. The SMILES string of the molecule is CCCCOC(=O)NCc1ccc(C(C)(C)O)cc1. The molecule has 4 heteroatoms. The molecule has 0 radical (unpaired) electrons. The van der Waals surface area contributed by atoms with Gasteiger partial charge in [-0.25, -0.2) is 4.79 Å². The van der Waals surface area contributed by atoms with Crippen LogP contribution in [0.15, 0.2) is 24.3 Å². The van der Waals surface area contributed by atoms with Crippen molar-refractivity contribution < 1.29 is 14.6 Å². The molecule has 0 aliphatic heterocycles. The lowest BCUT2D eigenvalue weighted by Crippen LogP contribution is -2.24. The van der Waals surface area contributed by atoms with E-state index >= 15 is 0 Å². The monoisotopic (exact) mass is 265 g/mol. The Bertz CT molecular complexity index is 393. The smallest absolute Gasteiger partial charge is 0.407 e. The van der Waals surface area contributed by atoms with Crippen molar-refractivity contribution in [2.75, 3.05) is 6.61 Å². The van der Waals surface area contributed by atoms with Gasteiger partial charge in [0.2, 0.25) is 0 Å². The Morgan fingerprint density at radius 1 is 1.32 bits per heavy atom. The van der Waals surface area contributed by atoms with Crippen LogP contribution in [0.2, 0.25) is 0 Å². The van der Waals surface area contributed by atoms with Crippen LogP contribution in [0.3, 0.4) is 0 Å². The minimum absolute atomic E-state index is 0.389. The van der Waals surface area contributed by atoms with Crippen molar-refractivity contribution >= 4 is 6.09 Å². The number of carbonyl (C=O) groups is 1. The Balaban J connectivity index is 2.40. The molecule has 0 saturated carbocycles. The van der Waals surface area contributed by atoms with Crippen molar-refractivity contribution in [3.05, 3.63) is 35.4 Å². The third-order valence-corrected chi connectivity index (χ3v) is 2.83. The van der Waals surface area contributed by atoms with E-state index in [0.717, 1.165) is 24.0 Å². The number of hydrogen-bond acceptors (Lipinski definition) is 3. The van der Waals surface area contributed by atoms with Crippen LogP contribution < -0.4 is 5.32 Å². The fourth-order valence-electron chi connectivity index (χ4n) is 1.56. The number of benzene rings is 1. The summed E-state index contributed by atoms with van der Waals surface area (Å²) in [6.45, 7) is 6.42. The van der Waals surface area contributed by atoms with E-state index in [9.17, 15) is 9.90 Å². The number of nitrogens with one attached hydrogen (secondary N) is 1. The van der Waals surface area contributed by atoms with Gasteiger partial charge in [0.1, 0.15) is 0 Å². The summed E-state index contributed by atoms with van der Waals surface area (Å²) in [6, 6.07) is 7.50. The Morgan fingerprint density at radius 3 is 2.47 bits per heavy atom. The fourth-order valence-corrected chi connectivity index (χ4v) is 1.56. The molecule has 0 saturated heterocycles. The van der Waals surface area contributed by atoms with Crippen molar-refractivity contribution in [3.63, 3.8) is 0 Å². The minimum atomic E-state index is -0.842. The molecule has 0 atom stereocenters. The molecular formula is C15H23NO3. The van der Waals surface area contributed by atoms with E-state index in [-0.39, 0.29) is 6.09 Å². The van der Waals surface area contributed by atoms with E-state index < -0.39 is 5.60 Å². The predicted octanol–water partition coefficient (Wildman–Crippen LogP) is 2.94. The van der Waals surface area contributed by atoms with E-state index in [1.807, 2.05) is 31.2 Å². The van der Waals surface area contributed by atoms with Crippen LogP contribution in [0.4, 0.5) is 4.79 Å². The molecule has 1 aromatic carbocycles. The van der Waals surface area contributed by atoms with Gasteiger partial charge in [0, 0.05) is 6.54 Å². The third-order valence-electron chi connectivity index (χ3n) is 2.83. The van der Waals surface area contributed by atoms with Gasteiger partial charge in [-0.05, 0) is 31.4 Å². The molecule has 4 nitrogen and oxygen atoms in total. The van der Waals surface area contributed by atoms with Gasteiger partial charge in [0.15, 0.2) is 0 Å². The number of alkyl carbamates (subject to hydrolysis) is 1. The zero-order valence-corrected chi connectivity index (χ0v) is 11.9. The van der Waals surface area contributed by atoms with Crippen LogP contribution in [0, 0.1) is 0 Å². The van der Waals surface area contributed by atoms with Crippen LogP contribution in [0.25, 0.3) is 0 Å². The molecule has 19 heavy (non-hydrogen) atoms. The molecule has 0 bridgehead atoms. The lowest BCUT2D eigenvalue weighted by molar-refractivity contribution is 0.0785. The number of hydrogen-bond donors (Lipinski definition) is 2. The summed E-state index contributed by atoms with van der Waals surface area (Å²) in [5.74, 6) is 0. The minimum Gasteiger partial charge on any atom is -0.450 e. The van der Waals surface area contributed by atoms with Crippen molar-refractivity contribution in [2.24, 2.45) is 0 Å². The summed E-state index contributed by atoms with van der Waals surface area (Å²) in [7, 11) is 0. The first-order chi connectivity index (χ1) is 8.93. The predicted molar refractivity (Wildman–Crippen MR) is 74.8 cm³/mol. The Kier molecular flexibility index (Phi) is 5.83. The standard InChI is InChI=1S/C15H23NO3/c1-4-5-10-19-14(17)16-11-12-6-8-13(9-7-12)15(2,3)18/h6-9,18H,4-5,10-11H2,1-3H3,(H,16,17). The summed E-state index contributed by atoms with van der Waals surface area (Å²) in [4.78, 5) is 11.3. The van der Waals surface area contributed by atoms with Gasteiger partial charge in [-0.3, -0.25) is 0 Å². The molecule has 0 fully saturated rings. The first kappa shape index (κ1) is 15.5. The lowest BCUT2D eigenvalue weighted by atomic mass is 9.97. The van der Waals surface area contributed by atoms with Gasteiger partial charge in [-0.2, -0.15) is 0 Å². The number of ether oxygens (including phenoxy) is 1. The number of carbonyl (C=O) groups excluding carboxylic acids is 1. The summed E-state index contributed by atoms with van der Waals surface area (Å²) >= 11 is 0. The third kappa shape index (κ3) is 5.75. The summed E-state index contributed by atoms with van der Waals surface area (Å²) in [5, 5.41) is 12.5. The Morgan fingerprint density at radius 2 is 1.95 bits per heavy atom. The van der Waals surface area contributed by atoms with Crippen LogP contribution in [-0.4, -0.2) is 17.8 Å². The zero-order valence-electron chi connectivity index (χ0n) is 11.9. The second-order valence-electron chi connectivity index (χ2n) is 5.10. The maximum atomic E-state index is 11.3. The van der Waals surface area contributed by atoms with Crippen molar-refractivity contribution in [3.8, 4) is 0 Å². The number of aliphatic hydroxyl groups is 1. The number of amides is 1. The number of rotatable bonds is 6. The first-order valence-electron chi connectivity index (χ1n) is 6.66. The van der Waals surface area contributed by atoms with E-state index in [1.165, 1.54) is 0 Å². The average molecular weight is 265 g/mol. The highest BCUT2D eigenvalue weighted by atomic mass is 16.5. The van der Waals surface area contributed by atoms with E-state index in [1.54, 1.807) is 13.8 Å². The highest BCUT2D eigenvalue weighted by Crippen LogP contribution is 2.19. The molecule has 0 aromatic heterocycles. The maximum Gasteiger partial charge on any atom is 0.407 e. The fraction of sp³-hybridized carbons (Fsp3) is 0.533. The van der Waals surface area contributed by atoms with Crippen molar-refractivity contribution in [1.82, 2.24) is 5.32 Å². The molecule has 0 heterocycles. The van der Waals surface area contributed by atoms with Crippen molar-refractivity contribution in [2.45, 2.75) is 45.8 Å². The number of unbranched alkanes of at least 4 members (excludes halogenated alkanes) is 1. The quantitative estimate of drug-likeness (QED) is 0.777. The second-order valence-corrected chi connectivity index (χ2v) is 5.10. The molecule has 1 amide bonds. The molecular weight excluding hydrogens is 242 g/mol. The summed E-state index contributed by atoms with van der Waals surface area (Å²) < 4.78 is 4.99. The molecule has 1 rings (SSSR count). The topological polar surface area (TPSA) is 58.6 Å². The van der Waals surface area contributed by atoms with Crippen LogP contribution >= 0.6 is 0 Å². The molecule has 1 aromatic rings. The zero-order chi connectivity index (χ0) is 14.3. The molecule has 0 aliphatic carbocycles. The first-order valence-corrected chi connectivity index (χ1v) is 6.66. The van der Waals surface area contributed by atoms with E-state index in [0.29, 0.717) is 13.2 Å². The molecule has 0 spiro atoms. The molecule has 2 N–H and O–H groups in total. The lowest BCUT2D eigenvalue weighted by Gasteiger charge is -2.17. The molecule has 106 valence electrons. The van der Waals surface area contributed by atoms with Crippen LogP contribution in [0.5, 0.6) is 0 Å². The molecule has 0 aliphatic rings. The van der Waals surface area contributed by atoms with Crippen LogP contribution in [-0.2, 0) is 16.9 Å². The van der Waals surface area contributed by atoms with Gasteiger partial charge in [0.25, 0.3) is 0 Å². The van der Waals surface area contributed by atoms with Gasteiger partial charge in [-0.1, -0.05) is 37.6 Å². The molecule has 0 unspecified atom stereocenters. The Labute approximate surface area is 114 Å². The highest BCUT2D eigenvalue weighted by molar-refractivity contribution is 5.67. The summed E-state index contributed by atoms with van der Waals surface area (Å²) in [6.07, 6.45) is 1.50. The normalized spacial score (nSPS) is 11.2. The van der Waals surface area contributed by atoms with E-state index in [4.69, 9.17) is 4.74 Å². The largest absolute Gasteiger partial charge is 0.450 e.